The Morgan fingerprint density at radius 2 is 2.08 bits per heavy atom. The number of amides is 1. The van der Waals surface area contributed by atoms with Crippen molar-refractivity contribution in [2.45, 2.75) is 19.8 Å². The fourth-order valence-electron chi connectivity index (χ4n) is 3.31. The van der Waals surface area contributed by atoms with Crippen LogP contribution in [-0.4, -0.2) is 44.2 Å². The molecule has 1 amide bonds. The van der Waals surface area contributed by atoms with Crippen molar-refractivity contribution >= 4 is 29.7 Å². The van der Waals surface area contributed by atoms with Gasteiger partial charge < -0.3 is 15.4 Å². The monoisotopic (exact) mass is 395 g/mol. The number of hydrogen-bond donors (Lipinski definition) is 2. The van der Waals surface area contributed by atoms with Crippen LogP contribution in [0, 0.1) is 12.3 Å². The third-order valence-corrected chi connectivity index (χ3v) is 5.73. The van der Waals surface area contributed by atoms with Crippen LogP contribution in [0.5, 0.6) is 0 Å². The molecule has 0 spiro atoms. The number of hydrogen-bond acceptors (Lipinski definition) is 5. The lowest BCUT2D eigenvalue weighted by molar-refractivity contribution is 0.0511. The van der Waals surface area contributed by atoms with Gasteiger partial charge in [-0.3, -0.25) is 4.79 Å². The maximum atomic E-state index is 12.5. The highest BCUT2D eigenvalue weighted by molar-refractivity contribution is 7.13. The zero-order valence-electron chi connectivity index (χ0n) is 15.2. The molecule has 7 heteroatoms. The summed E-state index contributed by atoms with van der Waals surface area (Å²) in [4.78, 5) is 17.1. The molecule has 1 fully saturated rings. The van der Waals surface area contributed by atoms with Crippen molar-refractivity contribution in [2.75, 3.05) is 33.4 Å². The molecule has 1 aliphatic heterocycles. The van der Waals surface area contributed by atoms with Gasteiger partial charge in [-0.2, -0.15) is 0 Å². The Balaban J connectivity index is 0.00000243. The number of carbonyl (C=O) groups is 1. The molecule has 0 radical (unpaired) electrons. The number of benzene rings is 1. The van der Waals surface area contributed by atoms with Crippen LogP contribution in [-0.2, 0) is 4.74 Å². The van der Waals surface area contributed by atoms with Gasteiger partial charge in [-0.15, -0.1) is 23.7 Å². The van der Waals surface area contributed by atoms with E-state index in [9.17, 15) is 4.79 Å². The van der Waals surface area contributed by atoms with Gasteiger partial charge >= 0.3 is 0 Å². The Bertz CT molecular complexity index is 724. The number of thiazole rings is 1. The molecule has 0 aliphatic carbocycles. The Kier molecular flexibility index (Phi) is 7.58. The second-order valence-corrected chi connectivity index (χ2v) is 7.58. The first kappa shape index (κ1) is 20.8. The number of aryl methyl sites for hydroxylation is 1. The van der Waals surface area contributed by atoms with E-state index in [1.165, 1.54) is 11.3 Å². The molecule has 0 bridgehead atoms. The Morgan fingerprint density at radius 3 is 2.77 bits per heavy atom. The SMILES string of the molecule is COCC1(CNC(=O)c2csc(-c3ccccc3C)n2)CCNCC1.Cl. The molecule has 1 aromatic carbocycles. The van der Waals surface area contributed by atoms with Crippen molar-refractivity contribution in [1.82, 2.24) is 15.6 Å². The van der Waals surface area contributed by atoms with Crippen molar-refractivity contribution in [1.29, 1.82) is 0 Å². The third-order valence-electron chi connectivity index (χ3n) is 4.85. The molecule has 0 saturated carbocycles. The number of rotatable bonds is 6. The fourth-order valence-corrected chi connectivity index (χ4v) is 4.20. The number of nitrogens with one attached hydrogen (secondary N) is 2. The van der Waals surface area contributed by atoms with Gasteiger partial charge in [-0.1, -0.05) is 24.3 Å². The van der Waals surface area contributed by atoms with E-state index in [0.717, 1.165) is 42.1 Å². The molecule has 142 valence electrons. The van der Waals surface area contributed by atoms with Crippen molar-refractivity contribution in [2.24, 2.45) is 5.41 Å². The molecule has 0 unspecified atom stereocenters. The fraction of sp³-hybridized carbons (Fsp3) is 0.474. The minimum absolute atomic E-state index is 0. The van der Waals surface area contributed by atoms with E-state index < -0.39 is 0 Å². The summed E-state index contributed by atoms with van der Waals surface area (Å²) in [7, 11) is 1.72. The Hall–Kier alpha value is -1.47. The van der Waals surface area contributed by atoms with Crippen molar-refractivity contribution in [3.05, 3.63) is 40.9 Å². The van der Waals surface area contributed by atoms with E-state index in [0.29, 0.717) is 18.8 Å². The third kappa shape index (κ3) is 4.82. The molecule has 26 heavy (non-hydrogen) atoms. The van der Waals surface area contributed by atoms with Crippen LogP contribution in [0.3, 0.4) is 0 Å². The molecule has 1 saturated heterocycles. The number of piperidine rings is 1. The quantitative estimate of drug-likeness (QED) is 0.787. The van der Waals surface area contributed by atoms with Gasteiger partial charge in [0, 0.05) is 30.0 Å². The minimum Gasteiger partial charge on any atom is -0.384 e. The highest BCUT2D eigenvalue weighted by atomic mass is 35.5. The predicted octanol–water partition coefficient (Wildman–Crippen LogP) is 3.29. The van der Waals surface area contributed by atoms with Crippen LogP contribution in [0.1, 0.15) is 28.9 Å². The number of nitrogens with zero attached hydrogens (tertiary/aromatic N) is 1. The van der Waals surface area contributed by atoms with Gasteiger partial charge in [0.1, 0.15) is 10.7 Å². The zero-order valence-corrected chi connectivity index (χ0v) is 16.8. The summed E-state index contributed by atoms with van der Waals surface area (Å²) in [5.41, 5.74) is 2.76. The average Bonchev–Trinajstić information content (AvgIpc) is 3.11. The standard InChI is InChI=1S/C19H25N3O2S.ClH/c1-14-5-3-4-6-15(14)18-22-16(11-25-18)17(23)21-12-19(13-24-2)7-9-20-10-8-19;/h3-6,11,20H,7-10,12-13H2,1-2H3,(H,21,23);1H. The van der Waals surface area contributed by atoms with E-state index in [4.69, 9.17) is 4.74 Å². The summed E-state index contributed by atoms with van der Waals surface area (Å²) >= 11 is 1.51. The summed E-state index contributed by atoms with van der Waals surface area (Å²) < 4.78 is 5.41. The maximum absolute atomic E-state index is 12.5. The molecular weight excluding hydrogens is 370 g/mol. The average molecular weight is 396 g/mol. The molecule has 1 aromatic heterocycles. The number of ether oxygens (including phenoxy) is 1. The number of methoxy groups -OCH3 is 1. The largest absolute Gasteiger partial charge is 0.384 e. The molecule has 1 aliphatic rings. The van der Waals surface area contributed by atoms with Gasteiger partial charge in [0.25, 0.3) is 5.91 Å². The summed E-state index contributed by atoms with van der Waals surface area (Å²) in [5, 5.41) is 9.16. The van der Waals surface area contributed by atoms with Crippen LogP contribution in [0.25, 0.3) is 10.6 Å². The van der Waals surface area contributed by atoms with Gasteiger partial charge in [-0.05, 0) is 38.4 Å². The van der Waals surface area contributed by atoms with Crippen LogP contribution >= 0.6 is 23.7 Å². The lowest BCUT2D eigenvalue weighted by Crippen LogP contribution is -2.47. The van der Waals surface area contributed by atoms with Crippen LogP contribution in [0.2, 0.25) is 0 Å². The Labute approximate surface area is 165 Å². The second kappa shape index (κ2) is 9.46. The van der Waals surface area contributed by atoms with Gasteiger partial charge in [0.15, 0.2) is 0 Å². The Morgan fingerprint density at radius 1 is 1.35 bits per heavy atom. The summed E-state index contributed by atoms with van der Waals surface area (Å²) in [6, 6.07) is 8.10. The van der Waals surface area contributed by atoms with E-state index >= 15 is 0 Å². The van der Waals surface area contributed by atoms with E-state index in [2.05, 4.69) is 28.6 Å². The minimum atomic E-state index is -0.106. The molecule has 2 heterocycles. The first-order valence-electron chi connectivity index (χ1n) is 8.63. The first-order chi connectivity index (χ1) is 12.1. The highest BCUT2D eigenvalue weighted by Crippen LogP contribution is 2.29. The second-order valence-electron chi connectivity index (χ2n) is 6.72. The highest BCUT2D eigenvalue weighted by Gasteiger charge is 2.32. The topological polar surface area (TPSA) is 63.2 Å². The van der Waals surface area contributed by atoms with Gasteiger partial charge in [0.05, 0.1) is 6.61 Å². The van der Waals surface area contributed by atoms with Crippen LogP contribution in [0.15, 0.2) is 29.6 Å². The van der Waals surface area contributed by atoms with E-state index in [1.54, 1.807) is 7.11 Å². The van der Waals surface area contributed by atoms with Gasteiger partial charge in [-0.25, -0.2) is 4.98 Å². The molecule has 5 nitrogen and oxygen atoms in total. The van der Waals surface area contributed by atoms with Crippen molar-refractivity contribution in [3.63, 3.8) is 0 Å². The van der Waals surface area contributed by atoms with E-state index in [1.807, 2.05) is 23.6 Å². The summed E-state index contributed by atoms with van der Waals surface area (Å²) in [6.45, 7) is 5.28. The van der Waals surface area contributed by atoms with Crippen LogP contribution in [0.4, 0.5) is 0 Å². The van der Waals surface area contributed by atoms with Crippen molar-refractivity contribution < 1.29 is 9.53 Å². The normalized spacial score (nSPS) is 15.9. The van der Waals surface area contributed by atoms with E-state index in [-0.39, 0.29) is 23.7 Å². The maximum Gasteiger partial charge on any atom is 0.270 e. The predicted molar refractivity (Wildman–Crippen MR) is 108 cm³/mol. The zero-order chi connectivity index (χ0) is 17.7. The summed E-state index contributed by atoms with van der Waals surface area (Å²) in [6.07, 6.45) is 2.01. The molecule has 2 aromatic rings. The first-order valence-corrected chi connectivity index (χ1v) is 9.51. The molecule has 2 N–H and O–H groups in total. The summed E-state index contributed by atoms with van der Waals surface area (Å²) in [5.74, 6) is -0.106. The molecule has 3 rings (SSSR count). The molecular formula is C19H26ClN3O2S. The smallest absolute Gasteiger partial charge is 0.270 e. The lowest BCUT2D eigenvalue weighted by atomic mass is 9.79. The molecule has 0 atom stereocenters. The van der Waals surface area contributed by atoms with Gasteiger partial charge in [0.2, 0.25) is 0 Å². The number of aromatic nitrogens is 1. The lowest BCUT2D eigenvalue weighted by Gasteiger charge is -2.37. The number of carbonyl (C=O) groups excluding carboxylic acids is 1. The number of halogens is 1. The van der Waals surface area contributed by atoms with Crippen molar-refractivity contribution in [3.8, 4) is 10.6 Å². The van der Waals surface area contributed by atoms with Crippen LogP contribution < -0.4 is 10.6 Å².